The van der Waals surface area contributed by atoms with Gasteiger partial charge in [0.05, 0.1) is 18.7 Å². The third-order valence-corrected chi connectivity index (χ3v) is 3.98. The van der Waals surface area contributed by atoms with Crippen LogP contribution in [0.25, 0.3) is 0 Å². The first-order valence-corrected chi connectivity index (χ1v) is 9.61. The van der Waals surface area contributed by atoms with Crippen LogP contribution in [0.5, 0.6) is 0 Å². The van der Waals surface area contributed by atoms with Crippen molar-refractivity contribution in [2.75, 3.05) is 32.8 Å². The molecule has 1 rings (SSSR count). The lowest BCUT2D eigenvalue weighted by atomic mass is 10.1. The van der Waals surface area contributed by atoms with Crippen LogP contribution in [0.3, 0.4) is 0 Å². The Kier molecular flexibility index (Phi) is 14.1. The number of nitrogens with zero attached hydrogens (tertiary/aromatic N) is 2. The Hall–Kier alpha value is -1.84. The second kappa shape index (κ2) is 15.1. The van der Waals surface area contributed by atoms with Gasteiger partial charge in [-0.3, -0.25) is 4.79 Å². The first-order chi connectivity index (χ1) is 13.0. The second-order valence-electron chi connectivity index (χ2n) is 5.86. The monoisotopic (exact) mass is 504 g/mol. The van der Waals surface area contributed by atoms with Crippen LogP contribution in [0, 0.1) is 0 Å². The molecule has 1 amide bonds. The fourth-order valence-electron chi connectivity index (χ4n) is 2.50. The van der Waals surface area contributed by atoms with Gasteiger partial charge in [0, 0.05) is 32.6 Å². The zero-order chi connectivity index (χ0) is 20.1. The summed E-state index contributed by atoms with van der Waals surface area (Å²) < 4.78 is 4.98. The number of carbonyl (C=O) groups excluding carboxylic acids is 2. The van der Waals surface area contributed by atoms with E-state index in [0.29, 0.717) is 37.6 Å². The van der Waals surface area contributed by atoms with E-state index in [9.17, 15) is 9.59 Å². The summed E-state index contributed by atoms with van der Waals surface area (Å²) in [6.07, 6.45) is 0.431. The van der Waals surface area contributed by atoms with Crippen LogP contribution in [0.2, 0.25) is 0 Å². The van der Waals surface area contributed by atoms with Crippen molar-refractivity contribution in [3.63, 3.8) is 0 Å². The highest BCUT2D eigenvalue weighted by molar-refractivity contribution is 14.0. The molecule has 0 aliphatic carbocycles. The van der Waals surface area contributed by atoms with E-state index in [1.54, 1.807) is 19.1 Å². The summed E-state index contributed by atoms with van der Waals surface area (Å²) in [6.45, 7) is 11.3. The van der Waals surface area contributed by atoms with Gasteiger partial charge in [0.1, 0.15) is 0 Å². The van der Waals surface area contributed by atoms with Gasteiger partial charge >= 0.3 is 5.97 Å². The van der Waals surface area contributed by atoms with Crippen LogP contribution in [0.4, 0.5) is 0 Å². The van der Waals surface area contributed by atoms with Gasteiger partial charge in [-0.15, -0.1) is 24.0 Å². The minimum Gasteiger partial charge on any atom is -0.462 e. The quantitative estimate of drug-likeness (QED) is 0.222. The van der Waals surface area contributed by atoms with E-state index >= 15 is 0 Å². The molecule has 158 valence electrons. The van der Waals surface area contributed by atoms with Crippen LogP contribution in [-0.4, -0.2) is 55.5 Å². The number of aliphatic imine (C=N–C) groups is 1. The average molecular weight is 504 g/mol. The molecule has 0 aliphatic rings. The molecular formula is C20H33IN4O3. The van der Waals surface area contributed by atoms with E-state index in [0.717, 1.165) is 25.2 Å². The van der Waals surface area contributed by atoms with Crippen molar-refractivity contribution in [2.24, 2.45) is 4.99 Å². The molecule has 0 heterocycles. The number of hydrogen-bond donors (Lipinski definition) is 2. The van der Waals surface area contributed by atoms with E-state index in [-0.39, 0.29) is 35.9 Å². The van der Waals surface area contributed by atoms with Gasteiger partial charge in [-0.2, -0.15) is 0 Å². The highest BCUT2D eigenvalue weighted by Gasteiger charge is 2.09. The Bertz CT molecular complexity index is 616. The number of amides is 1. The number of benzene rings is 1. The molecule has 0 saturated heterocycles. The highest BCUT2D eigenvalue weighted by atomic mass is 127. The van der Waals surface area contributed by atoms with Crippen molar-refractivity contribution < 1.29 is 14.3 Å². The molecule has 0 fully saturated rings. The first kappa shape index (κ1) is 26.2. The molecule has 8 heteroatoms. The van der Waals surface area contributed by atoms with E-state index in [1.807, 2.05) is 37.8 Å². The van der Waals surface area contributed by atoms with Gasteiger partial charge in [-0.25, -0.2) is 9.79 Å². The summed E-state index contributed by atoms with van der Waals surface area (Å²) in [4.78, 5) is 30.1. The first-order valence-electron chi connectivity index (χ1n) is 9.61. The summed E-state index contributed by atoms with van der Waals surface area (Å²) in [7, 11) is 0. The molecule has 0 atom stereocenters. The van der Waals surface area contributed by atoms with Gasteiger partial charge < -0.3 is 20.3 Å². The zero-order valence-electron chi connectivity index (χ0n) is 17.3. The maximum Gasteiger partial charge on any atom is 0.338 e. The Labute approximate surface area is 185 Å². The van der Waals surface area contributed by atoms with Crippen molar-refractivity contribution in [1.82, 2.24) is 15.5 Å². The van der Waals surface area contributed by atoms with Crippen LogP contribution < -0.4 is 10.6 Å². The maximum atomic E-state index is 12.0. The van der Waals surface area contributed by atoms with Crippen molar-refractivity contribution in [1.29, 1.82) is 0 Å². The van der Waals surface area contributed by atoms with Crippen molar-refractivity contribution in [3.05, 3.63) is 35.4 Å². The van der Waals surface area contributed by atoms with Gasteiger partial charge in [-0.1, -0.05) is 12.1 Å². The Morgan fingerprint density at radius 1 is 1.04 bits per heavy atom. The summed E-state index contributed by atoms with van der Waals surface area (Å²) >= 11 is 0. The topological polar surface area (TPSA) is 83.0 Å². The Balaban J connectivity index is 0.00000729. The highest BCUT2D eigenvalue weighted by Crippen LogP contribution is 2.07. The minimum atomic E-state index is -0.319. The van der Waals surface area contributed by atoms with Gasteiger partial charge in [0.2, 0.25) is 5.91 Å². The van der Waals surface area contributed by atoms with Crippen LogP contribution in [0.1, 0.15) is 50.0 Å². The van der Waals surface area contributed by atoms with Crippen LogP contribution in [-0.2, 0) is 16.1 Å². The molecule has 0 radical (unpaired) electrons. The number of halogens is 1. The predicted molar refractivity (Wildman–Crippen MR) is 123 cm³/mol. The number of guanidine groups is 1. The third kappa shape index (κ3) is 9.38. The molecule has 0 unspecified atom stereocenters. The normalized spacial score (nSPS) is 10.6. The van der Waals surface area contributed by atoms with Crippen molar-refractivity contribution >= 4 is 41.8 Å². The number of ether oxygens (including phenoxy) is 1. The van der Waals surface area contributed by atoms with E-state index < -0.39 is 0 Å². The number of rotatable bonds is 10. The average Bonchev–Trinajstić information content (AvgIpc) is 2.67. The summed E-state index contributed by atoms with van der Waals surface area (Å²) in [6, 6.07) is 7.21. The molecule has 7 nitrogen and oxygen atoms in total. The number of esters is 1. The van der Waals surface area contributed by atoms with Gasteiger partial charge in [0.15, 0.2) is 5.96 Å². The van der Waals surface area contributed by atoms with E-state index in [4.69, 9.17) is 4.74 Å². The third-order valence-electron chi connectivity index (χ3n) is 3.98. The van der Waals surface area contributed by atoms with Gasteiger partial charge in [-0.05, 0) is 45.4 Å². The molecule has 2 N–H and O–H groups in total. The Morgan fingerprint density at radius 2 is 1.68 bits per heavy atom. The van der Waals surface area contributed by atoms with Crippen LogP contribution >= 0.6 is 24.0 Å². The standard InChI is InChI=1S/C20H32N4O3.HI/c1-5-21-20(22-14-13-18(25)24(6-2)7-3)23-15-16-9-11-17(12-10-16)19(26)27-8-4;/h9-12H,5-8,13-15H2,1-4H3,(H2,21,22,23);1H. The van der Waals surface area contributed by atoms with Crippen LogP contribution in [0.15, 0.2) is 29.3 Å². The molecule has 0 aliphatic heterocycles. The lowest BCUT2D eigenvalue weighted by Gasteiger charge is -2.19. The predicted octanol–water partition coefficient (Wildman–Crippen LogP) is 2.79. The number of nitrogens with one attached hydrogen (secondary N) is 2. The van der Waals surface area contributed by atoms with Gasteiger partial charge in [0.25, 0.3) is 0 Å². The molecule has 1 aromatic carbocycles. The van der Waals surface area contributed by atoms with Crippen molar-refractivity contribution in [2.45, 2.75) is 40.7 Å². The fraction of sp³-hybridized carbons (Fsp3) is 0.550. The minimum absolute atomic E-state index is 0. The van der Waals surface area contributed by atoms with E-state index in [1.165, 1.54) is 0 Å². The largest absolute Gasteiger partial charge is 0.462 e. The SMILES string of the molecule is CCNC(=NCc1ccc(C(=O)OCC)cc1)NCCC(=O)N(CC)CC.I. The molecule has 0 spiro atoms. The smallest absolute Gasteiger partial charge is 0.338 e. The number of carbonyl (C=O) groups is 2. The Morgan fingerprint density at radius 3 is 2.21 bits per heavy atom. The lowest BCUT2D eigenvalue weighted by Crippen LogP contribution is -2.40. The summed E-state index contributed by atoms with van der Waals surface area (Å²) in [5, 5.41) is 6.36. The molecule has 0 bridgehead atoms. The number of hydrogen-bond acceptors (Lipinski definition) is 4. The zero-order valence-corrected chi connectivity index (χ0v) is 19.6. The van der Waals surface area contributed by atoms with Crippen molar-refractivity contribution in [3.8, 4) is 0 Å². The lowest BCUT2D eigenvalue weighted by molar-refractivity contribution is -0.130. The molecule has 28 heavy (non-hydrogen) atoms. The summed E-state index contributed by atoms with van der Waals surface area (Å²) in [5.74, 6) is 0.484. The molecular weight excluding hydrogens is 471 g/mol. The fourth-order valence-corrected chi connectivity index (χ4v) is 2.50. The maximum absolute atomic E-state index is 12.0. The second-order valence-corrected chi connectivity index (χ2v) is 5.86. The molecule has 0 aromatic heterocycles. The summed E-state index contributed by atoms with van der Waals surface area (Å²) in [5.41, 5.74) is 1.52. The van der Waals surface area contributed by atoms with E-state index in [2.05, 4.69) is 15.6 Å². The molecule has 0 saturated carbocycles. The molecule has 1 aromatic rings.